The summed E-state index contributed by atoms with van der Waals surface area (Å²) in [6.45, 7) is 7.84. The number of carboxylic acids is 1. The minimum atomic E-state index is -1.06. The zero-order valence-corrected chi connectivity index (χ0v) is 11.3. The summed E-state index contributed by atoms with van der Waals surface area (Å²) < 4.78 is 0. The summed E-state index contributed by atoms with van der Waals surface area (Å²) in [5.41, 5.74) is 7.63. The Morgan fingerprint density at radius 3 is 2.39 bits per heavy atom. The van der Waals surface area contributed by atoms with Gasteiger partial charge in [-0.15, -0.1) is 0 Å². The molecule has 0 bridgehead atoms. The Balaban J connectivity index is 3.23. The van der Waals surface area contributed by atoms with Crippen molar-refractivity contribution in [3.05, 3.63) is 28.8 Å². The van der Waals surface area contributed by atoms with E-state index in [0.29, 0.717) is 5.56 Å². The van der Waals surface area contributed by atoms with Gasteiger partial charge in [0.1, 0.15) is 11.8 Å². The highest BCUT2D eigenvalue weighted by atomic mass is 16.4. The Hall–Kier alpha value is -1.55. The molecular weight excluding hydrogens is 230 g/mol. The average molecular weight is 251 g/mol. The predicted molar refractivity (Wildman–Crippen MR) is 70.9 cm³/mol. The van der Waals surface area contributed by atoms with E-state index in [1.807, 2.05) is 39.8 Å². The standard InChI is InChI=1S/C14H21NO3/c1-8-5-6-10(14(2,3)4)12(16)9(8)7-11(15)13(17)18/h5-6,11,16H,7,15H2,1-4H3,(H,17,18). The van der Waals surface area contributed by atoms with Crippen molar-refractivity contribution in [3.8, 4) is 5.75 Å². The Morgan fingerprint density at radius 2 is 1.94 bits per heavy atom. The Morgan fingerprint density at radius 1 is 1.39 bits per heavy atom. The molecule has 1 aromatic rings. The first-order valence-electron chi connectivity index (χ1n) is 5.95. The maximum Gasteiger partial charge on any atom is 0.320 e. The van der Waals surface area contributed by atoms with Gasteiger partial charge in [0.2, 0.25) is 0 Å². The Kier molecular flexibility index (Phi) is 4.02. The van der Waals surface area contributed by atoms with Crippen LogP contribution in [0.25, 0.3) is 0 Å². The topological polar surface area (TPSA) is 83.5 Å². The molecule has 100 valence electrons. The fourth-order valence-electron chi connectivity index (χ4n) is 1.91. The first-order valence-corrected chi connectivity index (χ1v) is 5.95. The van der Waals surface area contributed by atoms with Gasteiger partial charge in [-0.3, -0.25) is 4.79 Å². The molecule has 0 aliphatic carbocycles. The lowest BCUT2D eigenvalue weighted by atomic mass is 9.83. The third kappa shape index (κ3) is 3.01. The number of carboxylic acid groups (broad SMARTS) is 1. The molecule has 0 amide bonds. The molecule has 4 heteroatoms. The van der Waals surface area contributed by atoms with E-state index < -0.39 is 12.0 Å². The molecule has 0 aliphatic heterocycles. The summed E-state index contributed by atoms with van der Waals surface area (Å²) in [7, 11) is 0. The molecule has 0 spiro atoms. The number of rotatable bonds is 3. The lowest BCUT2D eigenvalue weighted by Gasteiger charge is -2.23. The quantitative estimate of drug-likeness (QED) is 0.766. The van der Waals surface area contributed by atoms with E-state index in [2.05, 4.69) is 0 Å². The van der Waals surface area contributed by atoms with Gasteiger partial charge in [-0.1, -0.05) is 32.9 Å². The van der Waals surface area contributed by atoms with Crippen LogP contribution in [0, 0.1) is 6.92 Å². The maximum absolute atomic E-state index is 10.8. The Bertz CT molecular complexity index is 461. The van der Waals surface area contributed by atoms with Crippen LogP contribution in [0.5, 0.6) is 5.75 Å². The summed E-state index contributed by atoms with van der Waals surface area (Å²) >= 11 is 0. The first-order chi connectivity index (χ1) is 8.14. The van der Waals surface area contributed by atoms with E-state index in [9.17, 15) is 9.90 Å². The molecule has 1 rings (SSSR count). The number of aromatic hydroxyl groups is 1. The van der Waals surface area contributed by atoms with Gasteiger partial charge in [0.15, 0.2) is 0 Å². The third-order valence-electron chi connectivity index (χ3n) is 3.07. The first kappa shape index (κ1) is 14.5. The molecule has 1 atom stereocenters. The van der Waals surface area contributed by atoms with Gasteiger partial charge >= 0.3 is 5.97 Å². The molecule has 0 aromatic heterocycles. The summed E-state index contributed by atoms with van der Waals surface area (Å²) in [4.78, 5) is 10.8. The van der Waals surface area contributed by atoms with Crippen LogP contribution in [-0.4, -0.2) is 22.2 Å². The molecular formula is C14H21NO3. The van der Waals surface area contributed by atoms with Crippen LogP contribution in [0.3, 0.4) is 0 Å². The minimum Gasteiger partial charge on any atom is -0.507 e. The average Bonchev–Trinajstić information content (AvgIpc) is 2.21. The molecule has 0 heterocycles. The predicted octanol–water partition coefficient (Wildman–Crippen LogP) is 1.95. The number of carbonyl (C=O) groups is 1. The molecule has 0 saturated heterocycles. The zero-order valence-electron chi connectivity index (χ0n) is 11.3. The molecule has 4 N–H and O–H groups in total. The molecule has 0 radical (unpaired) electrons. The van der Waals surface area contributed by atoms with Crippen molar-refractivity contribution < 1.29 is 15.0 Å². The maximum atomic E-state index is 10.8. The molecule has 18 heavy (non-hydrogen) atoms. The van der Waals surface area contributed by atoms with E-state index in [1.54, 1.807) is 0 Å². The molecule has 1 unspecified atom stereocenters. The molecule has 4 nitrogen and oxygen atoms in total. The number of nitrogens with two attached hydrogens (primary N) is 1. The van der Waals surface area contributed by atoms with E-state index in [-0.39, 0.29) is 17.6 Å². The molecule has 0 aliphatic rings. The van der Waals surface area contributed by atoms with Crippen molar-refractivity contribution in [3.63, 3.8) is 0 Å². The largest absolute Gasteiger partial charge is 0.507 e. The van der Waals surface area contributed by atoms with E-state index >= 15 is 0 Å². The summed E-state index contributed by atoms with van der Waals surface area (Å²) in [6, 6.07) is 2.77. The Labute approximate surface area is 107 Å². The van der Waals surface area contributed by atoms with Crippen molar-refractivity contribution in [1.29, 1.82) is 0 Å². The lowest BCUT2D eigenvalue weighted by Crippen LogP contribution is -2.32. The van der Waals surface area contributed by atoms with Crippen molar-refractivity contribution in [2.24, 2.45) is 5.73 Å². The van der Waals surface area contributed by atoms with Crippen molar-refractivity contribution in [2.75, 3.05) is 0 Å². The van der Waals surface area contributed by atoms with Crippen LogP contribution in [0.1, 0.15) is 37.5 Å². The molecule has 1 aromatic carbocycles. The van der Waals surface area contributed by atoms with Crippen LogP contribution >= 0.6 is 0 Å². The van der Waals surface area contributed by atoms with E-state index in [4.69, 9.17) is 10.8 Å². The second-order valence-corrected chi connectivity index (χ2v) is 5.66. The summed E-state index contributed by atoms with van der Waals surface area (Å²) in [5, 5.41) is 19.1. The van der Waals surface area contributed by atoms with Crippen LogP contribution in [0.4, 0.5) is 0 Å². The number of hydrogen-bond acceptors (Lipinski definition) is 3. The number of aryl methyl sites for hydroxylation is 1. The van der Waals surface area contributed by atoms with Gasteiger partial charge in [0.25, 0.3) is 0 Å². The van der Waals surface area contributed by atoms with Gasteiger partial charge in [-0.2, -0.15) is 0 Å². The van der Waals surface area contributed by atoms with Crippen molar-refractivity contribution in [2.45, 2.75) is 45.6 Å². The molecule has 0 fully saturated rings. The number of benzene rings is 1. The van der Waals surface area contributed by atoms with Crippen molar-refractivity contribution >= 4 is 5.97 Å². The highest BCUT2D eigenvalue weighted by Gasteiger charge is 2.23. The van der Waals surface area contributed by atoms with Gasteiger partial charge in [-0.25, -0.2) is 0 Å². The lowest BCUT2D eigenvalue weighted by molar-refractivity contribution is -0.138. The van der Waals surface area contributed by atoms with Gasteiger partial charge in [-0.05, 0) is 29.0 Å². The highest BCUT2D eigenvalue weighted by Crippen LogP contribution is 2.35. The van der Waals surface area contributed by atoms with E-state index in [1.165, 1.54) is 0 Å². The number of phenolic OH excluding ortho intramolecular Hbond substituents is 1. The third-order valence-corrected chi connectivity index (χ3v) is 3.07. The SMILES string of the molecule is Cc1ccc(C(C)(C)C)c(O)c1CC(N)C(=O)O. The zero-order chi connectivity index (χ0) is 14.1. The minimum absolute atomic E-state index is 0.136. The number of phenols is 1. The monoisotopic (exact) mass is 251 g/mol. The second-order valence-electron chi connectivity index (χ2n) is 5.66. The number of hydrogen-bond donors (Lipinski definition) is 3. The van der Waals surface area contributed by atoms with Gasteiger partial charge < -0.3 is 15.9 Å². The fraction of sp³-hybridized carbons (Fsp3) is 0.500. The van der Waals surface area contributed by atoms with E-state index in [0.717, 1.165) is 11.1 Å². The molecule has 0 saturated carbocycles. The van der Waals surface area contributed by atoms with Gasteiger partial charge in [0, 0.05) is 6.42 Å². The second kappa shape index (κ2) is 4.98. The number of aliphatic carboxylic acids is 1. The van der Waals surface area contributed by atoms with Crippen LogP contribution < -0.4 is 5.73 Å². The summed E-state index contributed by atoms with van der Waals surface area (Å²) in [5.74, 6) is -0.894. The van der Waals surface area contributed by atoms with Gasteiger partial charge in [0.05, 0.1) is 0 Å². The fourth-order valence-corrected chi connectivity index (χ4v) is 1.91. The van der Waals surface area contributed by atoms with Crippen LogP contribution in [0.15, 0.2) is 12.1 Å². The summed E-state index contributed by atoms with van der Waals surface area (Å²) in [6.07, 6.45) is 0.136. The highest BCUT2D eigenvalue weighted by molar-refractivity contribution is 5.74. The smallest absolute Gasteiger partial charge is 0.320 e. The van der Waals surface area contributed by atoms with Crippen molar-refractivity contribution in [1.82, 2.24) is 0 Å². The van der Waals surface area contributed by atoms with Crippen LogP contribution in [0.2, 0.25) is 0 Å². The normalized spacial score (nSPS) is 13.4. The van der Waals surface area contributed by atoms with Crippen LogP contribution in [-0.2, 0) is 16.6 Å².